The minimum atomic E-state index is 0.527. The lowest BCUT2D eigenvalue weighted by Gasteiger charge is -2.15. The van der Waals surface area contributed by atoms with Gasteiger partial charge in [0, 0.05) is 10.2 Å². The topological polar surface area (TPSA) is 36.1 Å². The van der Waals surface area contributed by atoms with Crippen LogP contribution in [0.2, 0.25) is 0 Å². The SMILES string of the molecule is Cc1cccc(NC(=S)NNc2cccc(Br)c2)c1C. The smallest absolute Gasteiger partial charge is 0.189 e. The number of thiocarbonyl (C=S) groups is 1. The van der Waals surface area contributed by atoms with Gasteiger partial charge in [-0.3, -0.25) is 10.9 Å². The van der Waals surface area contributed by atoms with Gasteiger partial charge in [-0.25, -0.2) is 0 Å². The number of anilines is 2. The van der Waals surface area contributed by atoms with E-state index in [1.807, 2.05) is 36.4 Å². The molecule has 0 atom stereocenters. The van der Waals surface area contributed by atoms with E-state index in [-0.39, 0.29) is 0 Å². The van der Waals surface area contributed by atoms with Gasteiger partial charge >= 0.3 is 0 Å². The van der Waals surface area contributed by atoms with Crippen molar-refractivity contribution >= 4 is 44.6 Å². The van der Waals surface area contributed by atoms with Gasteiger partial charge in [0.2, 0.25) is 0 Å². The summed E-state index contributed by atoms with van der Waals surface area (Å²) in [6.45, 7) is 4.15. The molecule has 0 fully saturated rings. The first kappa shape index (κ1) is 14.8. The summed E-state index contributed by atoms with van der Waals surface area (Å²) < 4.78 is 1.01. The third-order valence-electron chi connectivity index (χ3n) is 3.00. The molecule has 20 heavy (non-hydrogen) atoms. The third-order valence-corrected chi connectivity index (χ3v) is 3.70. The zero-order valence-electron chi connectivity index (χ0n) is 11.3. The van der Waals surface area contributed by atoms with E-state index in [0.717, 1.165) is 15.8 Å². The predicted molar refractivity (Wildman–Crippen MR) is 93.0 cm³/mol. The highest BCUT2D eigenvalue weighted by Gasteiger charge is 2.02. The van der Waals surface area contributed by atoms with Crippen LogP contribution in [-0.2, 0) is 0 Å². The van der Waals surface area contributed by atoms with E-state index < -0.39 is 0 Å². The van der Waals surface area contributed by atoms with Crippen LogP contribution in [0.5, 0.6) is 0 Å². The summed E-state index contributed by atoms with van der Waals surface area (Å²) in [6, 6.07) is 13.9. The van der Waals surface area contributed by atoms with E-state index in [9.17, 15) is 0 Å². The molecule has 2 rings (SSSR count). The quantitative estimate of drug-likeness (QED) is 0.567. The Labute approximate surface area is 132 Å². The first-order chi connectivity index (χ1) is 9.56. The number of hydrazine groups is 1. The van der Waals surface area contributed by atoms with Crippen LogP contribution in [0.1, 0.15) is 11.1 Å². The van der Waals surface area contributed by atoms with Crippen LogP contribution in [0.4, 0.5) is 11.4 Å². The molecule has 0 saturated carbocycles. The number of nitrogens with one attached hydrogen (secondary N) is 3. The summed E-state index contributed by atoms with van der Waals surface area (Å²) in [5, 5.41) is 3.71. The number of hydrogen-bond donors (Lipinski definition) is 3. The molecule has 0 bridgehead atoms. The van der Waals surface area contributed by atoms with Gasteiger partial charge in [-0.05, 0) is 61.5 Å². The maximum Gasteiger partial charge on any atom is 0.189 e. The number of halogens is 1. The maximum atomic E-state index is 5.27. The fraction of sp³-hybridized carbons (Fsp3) is 0.133. The average molecular weight is 350 g/mol. The first-order valence-corrected chi connectivity index (χ1v) is 7.41. The summed E-state index contributed by atoms with van der Waals surface area (Å²) in [5.74, 6) is 0. The van der Waals surface area contributed by atoms with Gasteiger partial charge in [0.1, 0.15) is 0 Å². The summed E-state index contributed by atoms with van der Waals surface area (Å²) in [6.07, 6.45) is 0. The van der Waals surface area contributed by atoms with Crippen molar-refractivity contribution in [3.8, 4) is 0 Å². The Bertz CT molecular complexity index is 628. The number of rotatable bonds is 3. The second-order valence-electron chi connectivity index (χ2n) is 4.46. The molecule has 0 aliphatic rings. The normalized spacial score (nSPS) is 9.95. The Morgan fingerprint density at radius 1 is 1.10 bits per heavy atom. The van der Waals surface area contributed by atoms with Crippen molar-refractivity contribution in [3.05, 3.63) is 58.1 Å². The van der Waals surface area contributed by atoms with Gasteiger partial charge in [0.05, 0.1) is 5.69 Å². The minimum Gasteiger partial charge on any atom is -0.331 e. The van der Waals surface area contributed by atoms with Crippen molar-refractivity contribution in [2.45, 2.75) is 13.8 Å². The summed E-state index contributed by atoms with van der Waals surface area (Å²) in [5.41, 5.74) is 10.4. The molecule has 0 radical (unpaired) electrons. The van der Waals surface area contributed by atoms with E-state index >= 15 is 0 Å². The summed E-state index contributed by atoms with van der Waals surface area (Å²) >= 11 is 8.70. The molecule has 0 aromatic heterocycles. The van der Waals surface area contributed by atoms with Crippen molar-refractivity contribution in [3.63, 3.8) is 0 Å². The molecule has 0 spiro atoms. The average Bonchev–Trinajstić information content (AvgIpc) is 2.42. The number of aryl methyl sites for hydroxylation is 1. The molecule has 3 nitrogen and oxygen atoms in total. The van der Waals surface area contributed by atoms with Crippen LogP contribution < -0.4 is 16.2 Å². The van der Waals surface area contributed by atoms with Crippen LogP contribution >= 0.6 is 28.1 Å². The van der Waals surface area contributed by atoms with Crippen LogP contribution in [0, 0.1) is 13.8 Å². The lowest BCUT2D eigenvalue weighted by molar-refractivity contribution is 1.13. The monoisotopic (exact) mass is 349 g/mol. The van der Waals surface area contributed by atoms with Crippen LogP contribution in [-0.4, -0.2) is 5.11 Å². The Morgan fingerprint density at radius 2 is 1.85 bits per heavy atom. The minimum absolute atomic E-state index is 0.527. The van der Waals surface area contributed by atoms with Crippen LogP contribution in [0.3, 0.4) is 0 Å². The van der Waals surface area contributed by atoms with Crippen LogP contribution in [0.15, 0.2) is 46.9 Å². The van der Waals surface area contributed by atoms with E-state index in [1.165, 1.54) is 11.1 Å². The van der Waals surface area contributed by atoms with Crippen molar-refractivity contribution in [1.82, 2.24) is 5.43 Å². The van der Waals surface area contributed by atoms with Crippen molar-refractivity contribution in [1.29, 1.82) is 0 Å². The zero-order chi connectivity index (χ0) is 14.5. The molecule has 0 amide bonds. The van der Waals surface area contributed by atoms with Gasteiger partial charge in [-0.15, -0.1) is 0 Å². The van der Waals surface area contributed by atoms with Crippen molar-refractivity contribution in [2.24, 2.45) is 0 Å². The van der Waals surface area contributed by atoms with Crippen molar-refractivity contribution in [2.75, 3.05) is 10.7 Å². The fourth-order valence-electron chi connectivity index (χ4n) is 1.74. The van der Waals surface area contributed by atoms with E-state index in [2.05, 4.69) is 52.0 Å². The molecule has 104 valence electrons. The summed E-state index contributed by atoms with van der Waals surface area (Å²) in [4.78, 5) is 0. The standard InChI is InChI=1S/C15H16BrN3S/c1-10-5-3-8-14(11(10)2)17-15(20)19-18-13-7-4-6-12(16)9-13/h3-9,18H,1-2H3,(H2,17,19,20). The Hall–Kier alpha value is -1.59. The van der Waals surface area contributed by atoms with E-state index in [4.69, 9.17) is 12.2 Å². The number of benzene rings is 2. The second kappa shape index (κ2) is 6.72. The van der Waals surface area contributed by atoms with Gasteiger partial charge in [0.15, 0.2) is 5.11 Å². The first-order valence-electron chi connectivity index (χ1n) is 6.21. The molecule has 0 heterocycles. The molecule has 5 heteroatoms. The van der Waals surface area contributed by atoms with Crippen molar-refractivity contribution < 1.29 is 0 Å². The lowest BCUT2D eigenvalue weighted by atomic mass is 10.1. The molecule has 0 aliphatic carbocycles. The fourth-order valence-corrected chi connectivity index (χ4v) is 2.30. The Morgan fingerprint density at radius 3 is 2.60 bits per heavy atom. The summed E-state index contributed by atoms with van der Waals surface area (Å²) in [7, 11) is 0. The highest BCUT2D eigenvalue weighted by atomic mass is 79.9. The van der Waals surface area contributed by atoms with Gasteiger partial charge in [-0.2, -0.15) is 0 Å². The van der Waals surface area contributed by atoms with Gasteiger partial charge in [-0.1, -0.05) is 34.1 Å². The van der Waals surface area contributed by atoms with E-state index in [1.54, 1.807) is 0 Å². The molecule has 0 aliphatic heterocycles. The molecule has 2 aromatic rings. The molecular formula is C15H16BrN3S. The Balaban J connectivity index is 1.94. The number of hydrogen-bond acceptors (Lipinski definition) is 2. The third kappa shape index (κ3) is 3.95. The maximum absolute atomic E-state index is 5.27. The van der Waals surface area contributed by atoms with Gasteiger partial charge in [0.25, 0.3) is 0 Å². The molecule has 0 saturated heterocycles. The lowest BCUT2D eigenvalue weighted by Crippen LogP contribution is -2.33. The molecule has 0 unspecified atom stereocenters. The predicted octanol–water partition coefficient (Wildman–Crippen LogP) is 4.38. The highest BCUT2D eigenvalue weighted by Crippen LogP contribution is 2.18. The molecule has 2 aromatic carbocycles. The van der Waals surface area contributed by atoms with Gasteiger partial charge < -0.3 is 5.32 Å². The largest absolute Gasteiger partial charge is 0.331 e. The molecular weight excluding hydrogens is 334 g/mol. The van der Waals surface area contributed by atoms with E-state index in [0.29, 0.717) is 5.11 Å². The highest BCUT2D eigenvalue weighted by molar-refractivity contribution is 9.10. The second-order valence-corrected chi connectivity index (χ2v) is 5.79. The zero-order valence-corrected chi connectivity index (χ0v) is 13.7. The Kier molecular flexibility index (Phi) is 4.98. The van der Waals surface area contributed by atoms with Crippen LogP contribution in [0.25, 0.3) is 0 Å². The molecule has 3 N–H and O–H groups in total.